The number of nitrogens with one attached hydrogen (secondary N) is 1. The number of rotatable bonds is 8. The highest BCUT2D eigenvalue weighted by Gasteiger charge is 2.26. The lowest BCUT2D eigenvalue weighted by molar-refractivity contribution is -0.154. The second kappa shape index (κ2) is 9.87. The minimum Gasteiger partial charge on any atom is -0.482 e. The summed E-state index contributed by atoms with van der Waals surface area (Å²) in [6.45, 7) is 1.88. The summed E-state index contributed by atoms with van der Waals surface area (Å²) < 4.78 is 23.4. The van der Waals surface area contributed by atoms with Gasteiger partial charge in [0.1, 0.15) is 11.6 Å². The fourth-order valence-corrected chi connectivity index (χ4v) is 3.04. The smallest absolute Gasteiger partial charge is 0.308 e. The van der Waals surface area contributed by atoms with Crippen LogP contribution < -0.4 is 15.0 Å². The van der Waals surface area contributed by atoms with Crippen molar-refractivity contribution in [1.82, 2.24) is 5.32 Å². The third-order valence-corrected chi connectivity index (χ3v) is 4.65. The van der Waals surface area contributed by atoms with E-state index in [0.717, 1.165) is 5.56 Å². The van der Waals surface area contributed by atoms with Crippen LogP contribution in [0.4, 0.5) is 10.1 Å². The molecule has 158 valence electrons. The van der Waals surface area contributed by atoms with Crippen LogP contribution in [-0.4, -0.2) is 43.6 Å². The number of hydrogen-bond acceptors (Lipinski definition) is 5. The SMILES string of the molecule is C[C@@H](OC(=O)CCN1C(=O)COc2ccccc21)C(=O)NCCc1ccc(F)cc1. The molecular weight excluding hydrogens is 391 g/mol. The molecule has 0 unspecified atom stereocenters. The third kappa shape index (κ3) is 5.56. The number of nitrogens with zero attached hydrogens (tertiary/aromatic N) is 1. The van der Waals surface area contributed by atoms with Crippen molar-refractivity contribution in [2.75, 3.05) is 24.6 Å². The predicted molar refractivity (Wildman–Crippen MR) is 108 cm³/mol. The molecule has 2 amide bonds. The van der Waals surface area contributed by atoms with Crippen LogP contribution in [0.5, 0.6) is 5.75 Å². The summed E-state index contributed by atoms with van der Waals surface area (Å²) in [6, 6.07) is 13.1. The first-order valence-corrected chi connectivity index (χ1v) is 9.68. The zero-order valence-corrected chi connectivity index (χ0v) is 16.6. The Bertz CT molecular complexity index is 916. The number of amides is 2. The Hall–Kier alpha value is -3.42. The lowest BCUT2D eigenvalue weighted by Crippen LogP contribution is -2.41. The van der Waals surface area contributed by atoms with Gasteiger partial charge in [-0.3, -0.25) is 14.4 Å². The van der Waals surface area contributed by atoms with Crippen LogP contribution in [0.3, 0.4) is 0 Å². The van der Waals surface area contributed by atoms with Gasteiger partial charge >= 0.3 is 5.97 Å². The van der Waals surface area contributed by atoms with E-state index in [-0.39, 0.29) is 31.3 Å². The van der Waals surface area contributed by atoms with Crippen LogP contribution >= 0.6 is 0 Å². The zero-order chi connectivity index (χ0) is 21.5. The third-order valence-electron chi connectivity index (χ3n) is 4.65. The van der Waals surface area contributed by atoms with Crippen molar-refractivity contribution < 1.29 is 28.2 Å². The quantitative estimate of drug-likeness (QED) is 0.670. The molecule has 0 spiro atoms. The number of fused-ring (bicyclic) bond motifs is 1. The van der Waals surface area contributed by atoms with Crippen LogP contribution in [0, 0.1) is 5.82 Å². The zero-order valence-electron chi connectivity index (χ0n) is 16.6. The molecule has 1 aliphatic rings. The van der Waals surface area contributed by atoms with E-state index >= 15 is 0 Å². The normalized spacial score (nSPS) is 13.8. The predicted octanol–water partition coefficient (Wildman–Crippen LogP) is 2.23. The van der Waals surface area contributed by atoms with Crippen LogP contribution in [0.1, 0.15) is 18.9 Å². The monoisotopic (exact) mass is 414 g/mol. The number of para-hydroxylation sites is 2. The number of carbonyl (C=O) groups is 3. The van der Waals surface area contributed by atoms with Crippen LogP contribution in [-0.2, 0) is 25.5 Å². The number of hydrogen-bond donors (Lipinski definition) is 1. The molecule has 1 atom stereocenters. The van der Waals surface area contributed by atoms with Gasteiger partial charge in [0.15, 0.2) is 12.7 Å². The van der Waals surface area contributed by atoms with Gasteiger partial charge < -0.3 is 19.7 Å². The number of benzene rings is 2. The molecule has 1 heterocycles. The van der Waals surface area contributed by atoms with Crippen molar-refractivity contribution in [3.8, 4) is 5.75 Å². The maximum atomic E-state index is 12.9. The van der Waals surface area contributed by atoms with Crippen molar-refractivity contribution in [2.24, 2.45) is 0 Å². The summed E-state index contributed by atoms with van der Waals surface area (Å²) >= 11 is 0. The Morgan fingerprint density at radius 2 is 1.93 bits per heavy atom. The molecule has 2 aromatic carbocycles. The van der Waals surface area contributed by atoms with E-state index in [2.05, 4.69) is 5.32 Å². The second-order valence-corrected chi connectivity index (χ2v) is 6.85. The number of carbonyl (C=O) groups excluding carboxylic acids is 3. The summed E-state index contributed by atoms with van der Waals surface area (Å²) in [4.78, 5) is 37.9. The maximum Gasteiger partial charge on any atom is 0.308 e. The van der Waals surface area contributed by atoms with Gasteiger partial charge in [-0.05, 0) is 43.2 Å². The van der Waals surface area contributed by atoms with Gasteiger partial charge in [-0.15, -0.1) is 0 Å². The fourth-order valence-electron chi connectivity index (χ4n) is 3.04. The Morgan fingerprint density at radius 3 is 2.70 bits per heavy atom. The molecule has 7 nitrogen and oxygen atoms in total. The summed E-state index contributed by atoms with van der Waals surface area (Å²) in [7, 11) is 0. The van der Waals surface area contributed by atoms with Gasteiger partial charge in [-0.2, -0.15) is 0 Å². The highest BCUT2D eigenvalue weighted by Crippen LogP contribution is 2.31. The standard InChI is InChI=1S/C22H23FN2O5/c1-15(22(28)24-12-10-16-6-8-17(23)9-7-16)30-21(27)11-13-25-18-4-2-3-5-19(18)29-14-20(25)26/h2-9,15H,10-14H2,1H3,(H,24,28)/t15-/m1/s1. The van der Waals surface area contributed by atoms with Gasteiger partial charge in [0.25, 0.3) is 11.8 Å². The van der Waals surface area contributed by atoms with Gasteiger partial charge in [0.2, 0.25) is 0 Å². The molecule has 2 aromatic rings. The van der Waals surface area contributed by atoms with E-state index in [0.29, 0.717) is 24.4 Å². The van der Waals surface area contributed by atoms with E-state index in [1.54, 1.807) is 36.4 Å². The second-order valence-electron chi connectivity index (χ2n) is 6.85. The van der Waals surface area contributed by atoms with Crippen molar-refractivity contribution in [3.63, 3.8) is 0 Å². The molecule has 1 aliphatic heterocycles. The molecule has 30 heavy (non-hydrogen) atoms. The van der Waals surface area contributed by atoms with Crippen molar-refractivity contribution in [1.29, 1.82) is 0 Å². The van der Waals surface area contributed by atoms with Crippen LogP contribution in [0.2, 0.25) is 0 Å². The average molecular weight is 414 g/mol. The lowest BCUT2D eigenvalue weighted by atomic mass is 10.1. The van der Waals surface area contributed by atoms with Crippen molar-refractivity contribution in [3.05, 3.63) is 59.9 Å². The molecule has 1 N–H and O–H groups in total. The Kier molecular flexibility index (Phi) is 7.00. The largest absolute Gasteiger partial charge is 0.482 e. The van der Waals surface area contributed by atoms with Gasteiger partial charge in [-0.1, -0.05) is 24.3 Å². The number of ether oxygens (including phenoxy) is 2. The van der Waals surface area contributed by atoms with Gasteiger partial charge in [0, 0.05) is 13.1 Å². The first-order valence-electron chi connectivity index (χ1n) is 9.68. The molecule has 0 aromatic heterocycles. The van der Waals surface area contributed by atoms with Crippen molar-refractivity contribution in [2.45, 2.75) is 25.9 Å². The Labute approximate surface area is 173 Å². The molecule has 0 radical (unpaired) electrons. The first kappa shape index (κ1) is 21.3. The summed E-state index contributed by atoms with van der Waals surface area (Å²) in [5.41, 5.74) is 1.49. The van der Waals surface area contributed by atoms with E-state index < -0.39 is 18.0 Å². The van der Waals surface area contributed by atoms with Gasteiger partial charge in [0.05, 0.1) is 12.1 Å². The fraction of sp³-hybridized carbons (Fsp3) is 0.318. The first-order chi connectivity index (χ1) is 14.4. The Balaban J connectivity index is 1.42. The number of esters is 1. The molecule has 0 saturated heterocycles. The molecule has 0 saturated carbocycles. The van der Waals surface area contributed by atoms with Gasteiger partial charge in [-0.25, -0.2) is 4.39 Å². The van der Waals surface area contributed by atoms with E-state index in [9.17, 15) is 18.8 Å². The maximum absolute atomic E-state index is 12.9. The minimum absolute atomic E-state index is 0.0483. The van der Waals surface area contributed by atoms with E-state index in [1.165, 1.54) is 24.0 Å². The highest BCUT2D eigenvalue weighted by molar-refractivity contribution is 5.98. The topological polar surface area (TPSA) is 84.9 Å². The lowest BCUT2D eigenvalue weighted by Gasteiger charge is -2.29. The van der Waals surface area contributed by atoms with Crippen LogP contribution in [0.25, 0.3) is 0 Å². The summed E-state index contributed by atoms with van der Waals surface area (Å²) in [5, 5.41) is 2.69. The highest BCUT2D eigenvalue weighted by atomic mass is 19.1. The molecular formula is C22H23FN2O5. The molecule has 8 heteroatoms. The van der Waals surface area contributed by atoms with Crippen LogP contribution in [0.15, 0.2) is 48.5 Å². The molecule has 0 fully saturated rings. The molecule has 0 bridgehead atoms. The molecule has 0 aliphatic carbocycles. The summed E-state index contributed by atoms with van der Waals surface area (Å²) in [5.74, 6) is -0.968. The average Bonchev–Trinajstić information content (AvgIpc) is 2.74. The number of anilines is 1. The Morgan fingerprint density at radius 1 is 1.20 bits per heavy atom. The van der Waals surface area contributed by atoms with E-state index in [4.69, 9.17) is 9.47 Å². The van der Waals surface area contributed by atoms with E-state index in [1.807, 2.05) is 0 Å². The molecule has 3 rings (SSSR count). The minimum atomic E-state index is -0.960. The van der Waals surface area contributed by atoms with Crippen molar-refractivity contribution >= 4 is 23.5 Å². The summed E-state index contributed by atoms with van der Waals surface area (Å²) in [6.07, 6.45) is -0.475. The number of halogens is 1.